The number of carboxylic acids is 1. The second-order valence-electron chi connectivity index (χ2n) is 6.65. The first-order valence-electron chi connectivity index (χ1n) is 7.05. The standard InChI is InChI=1S/C14H23N3O3/c1-5-14(12(18)19)6-7-17(9-14)8-10-15-16-11(20-10)13(2,3)4/h5-9H2,1-4H3,(H,18,19). The Kier molecular flexibility index (Phi) is 3.86. The molecule has 1 saturated heterocycles. The maximum atomic E-state index is 11.4. The maximum absolute atomic E-state index is 11.4. The van der Waals surface area contributed by atoms with Crippen molar-refractivity contribution >= 4 is 5.97 Å². The van der Waals surface area contributed by atoms with Crippen LogP contribution in [0.2, 0.25) is 0 Å². The van der Waals surface area contributed by atoms with Crippen LogP contribution in [0.3, 0.4) is 0 Å². The van der Waals surface area contributed by atoms with E-state index in [-0.39, 0.29) is 5.41 Å². The van der Waals surface area contributed by atoms with Crippen LogP contribution in [0.5, 0.6) is 0 Å². The summed E-state index contributed by atoms with van der Waals surface area (Å²) >= 11 is 0. The van der Waals surface area contributed by atoms with Gasteiger partial charge < -0.3 is 9.52 Å². The fraction of sp³-hybridized carbons (Fsp3) is 0.786. The van der Waals surface area contributed by atoms with E-state index in [4.69, 9.17) is 4.42 Å². The van der Waals surface area contributed by atoms with Gasteiger partial charge in [-0.2, -0.15) is 0 Å². The number of hydrogen-bond donors (Lipinski definition) is 1. The third kappa shape index (κ3) is 2.85. The second kappa shape index (κ2) is 5.16. The molecule has 1 aromatic heterocycles. The van der Waals surface area contributed by atoms with Crippen LogP contribution in [0.4, 0.5) is 0 Å². The van der Waals surface area contributed by atoms with Crippen LogP contribution < -0.4 is 0 Å². The first-order chi connectivity index (χ1) is 9.27. The van der Waals surface area contributed by atoms with Gasteiger partial charge in [0.25, 0.3) is 0 Å². The van der Waals surface area contributed by atoms with E-state index in [9.17, 15) is 9.90 Å². The molecule has 1 fully saturated rings. The number of aromatic nitrogens is 2. The lowest BCUT2D eigenvalue weighted by Gasteiger charge is -2.22. The van der Waals surface area contributed by atoms with Crippen molar-refractivity contribution in [1.29, 1.82) is 0 Å². The Balaban J connectivity index is 2.02. The van der Waals surface area contributed by atoms with Gasteiger partial charge in [0.2, 0.25) is 11.8 Å². The van der Waals surface area contributed by atoms with E-state index in [1.165, 1.54) is 0 Å². The number of likely N-dealkylation sites (tertiary alicyclic amines) is 1. The number of rotatable bonds is 4. The molecule has 0 aromatic carbocycles. The molecule has 112 valence electrons. The Morgan fingerprint density at radius 2 is 2.15 bits per heavy atom. The van der Waals surface area contributed by atoms with Crippen molar-refractivity contribution in [3.8, 4) is 0 Å². The van der Waals surface area contributed by atoms with Crippen LogP contribution in [0.15, 0.2) is 4.42 Å². The summed E-state index contributed by atoms with van der Waals surface area (Å²) in [6, 6.07) is 0. The largest absolute Gasteiger partial charge is 0.481 e. The van der Waals surface area contributed by atoms with E-state index in [1.54, 1.807) is 0 Å². The molecule has 0 bridgehead atoms. The predicted octanol–water partition coefficient (Wildman–Crippen LogP) is 2.05. The number of aliphatic carboxylic acids is 1. The summed E-state index contributed by atoms with van der Waals surface area (Å²) in [5, 5.41) is 17.5. The van der Waals surface area contributed by atoms with Crippen molar-refractivity contribution in [2.24, 2.45) is 5.41 Å². The molecule has 1 aliphatic heterocycles. The molecule has 1 aromatic rings. The number of carbonyl (C=O) groups is 1. The predicted molar refractivity (Wildman–Crippen MR) is 73.3 cm³/mol. The van der Waals surface area contributed by atoms with E-state index in [0.717, 1.165) is 6.54 Å². The monoisotopic (exact) mass is 281 g/mol. The SMILES string of the molecule is CCC1(C(=O)O)CCN(Cc2nnc(C(C)(C)C)o2)C1. The van der Waals surface area contributed by atoms with Crippen molar-refractivity contribution in [1.82, 2.24) is 15.1 Å². The normalized spacial score (nSPS) is 24.2. The molecule has 6 nitrogen and oxygen atoms in total. The number of hydrogen-bond acceptors (Lipinski definition) is 5. The Morgan fingerprint density at radius 1 is 1.45 bits per heavy atom. The van der Waals surface area contributed by atoms with Gasteiger partial charge in [-0.3, -0.25) is 9.69 Å². The zero-order chi connectivity index (χ0) is 15.0. The van der Waals surface area contributed by atoms with Gasteiger partial charge >= 0.3 is 5.97 Å². The first kappa shape index (κ1) is 15.0. The summed E-state index contributed by atoms with van der Waals surface area (Å²) in [6.07, 6.45) is 1.33. The zero-order valence-electron chi connectivity index (χ0n) is 12.6. The van der Waals surface area contributed by atoms with Gasteiger partial charge in [0.05, 0.1) is 12.0 Å². The highest BCUT2D eigenvalue weighted by Gasteiger charge is 2.43. The van der Waals surface area contributed by atoms with Crippen molar-refractivity contribution in [2.75, 3.05) is 13.1 Å². The Bertz CT molecular complexity index is 492. The summed E-state index contributed by atoms with van der Waals surface area (Å²) in [5.41, 5.74) is -0.780. The Hall–Kier alpha value is -1.43. The third-order valence-corrected chi connectivity index (χ3v) is 4.03. The molecule has 6 heteroatoms. The van der Waals surface area contributed by atoms with E-state index in [0.29, 0.717) is 37.7 Å². The van der Waals surface area contributed by atoms with Crippen molar-refractivity contribution in [3.63, 3.8) is 0 Å². The van der Waals surface area contributed by atoms with Crippen molar-refractivity contribution in [2.45, 2.75) is 52.5 Å². The molecule has 0 radical (unpaired) electrons. The summed E-state index contributed by atoms with van der Waals surface area (Å²) in [6.45, 7) is 9.83. The highest BCUT2D eigenvalue weighted by atomic mass is 16.4. The van der Waals surface area contributed by atoms with Gasteiger partial charge in [-0.05, 0) is 19.4 Å². The average Bonchev–Trinajstić information content (AvgIpc) is 2.96. The van der Waals surface area contributed by atoms with Crippen LogP contribution >= 0.6 is 0 Å². The highest BCUT2D eigenvalue weighted by Crippen LogP contribution is 2.34. The summed E-state index contributed by atoms with van der Waals surface area (Å²) in [5.74, 6) is 0.474. The number of nitrogens with zero attached hydrogens (tertiary/aromatic N) is 3. The van der Waals surface area contributed by atoms with Gasteiger partial charge in [-0.15, -0.1) is 10.2 Å². The van der Waals surface area contributed by atoms with Gasteiger partial charge in [-0.1, -0.05) is 27.7 Å². The van der Waals surface area contributed by atoms with Gasteiger partial charge in [0.15, 0.2) is 0 Å². The lowest BCUT2D eigenvalue weighted by atomic mass is 9.84. The van der Waals surface area contributed by atoms with Gasteiger partial charge in [0, 0.05) is 12.0 Å². The van der Waals surface area contributed by atoms with Gasteiger partial charge in [-0.25, -0.2) is 0 Å². The van der Waals surface area contributed by atoms with Crippen molar-refractivity contribution in [3.05, 3.63) is 11.8 Å². The molecule has 0 saturated carbocycles. The van der Waals surface area contributed by atoms with Gasteiger partial charge in [0.1, 0.15) is 0 Å². The second-order valence-corrected chi connectivity index (χ2v) is 6.65. The molecule has 1 atom stereocenters. The zero-order valence-corrected chi connectivity index (χ0v) is 12.6. The van der Waals surface area contributed by atoms with Crippen LogP contribution in [-0.2, 0) is 16.8 Å². The van der Waals surface area contributed by atoms with Crippen molar-refractivity contribution < 1.29 is 14.3 Å². The van der Waals surface area contributed by atoms with Crippen LogP contribution in [-0.4, -0.2) is 39.3 Å². The minimum absolute atomic E-state index is 0.162. The minimum Gasteiger partial charge on any atom is -0.481 e. The molecule has 0 spiro atoms. The summed E-state index contributed by atoms with van der Waals surface area (Å²) in [7, 11) is 0. The fourth-order valence-electron chi connectivity index (χ4n) is 2.52. The molecule has 2 heterocycles. The molecular formula is C14H23N3O3. The molecule has 1 unspecified atom stereocenters. The quantitative estimate of drug-likeness (QED) is 0.910. The lowest BCUT2D eigenvalue weighted by molar-refractivity contribution is -0.148. The van der Waals surface area contributed by atoms with Crippen LogP contribution in [0, 0.1) is 5.41 Å². The van der Waals surface area contributed by atoms with E-state index >= 15 is 0 Å². The average molecular weight is 281 g/mol. The molecule has 1 N–H and O–H groups in total. The third-order valence-electron chi connectivity index (χ3n) is 4.03. The minimum atomic E-state index is -0.705. The van der Waals surface area contributed by atoms with E-state index in [1.807, 2.05) is 27.7 Å². The lowest BCUT2D eigenvalue weighted by Crippen LogP contribution is -2.33. The van der Waals surface area contributed by atoms with Crippen LogP contribution in [0.25, 0.3) is 0 Å². The van der Waals surface area contributed by atoms with E-state index in [2.05, 4.69) is 15.1 Å². The molecule has 2 rings (SSSR count). The molecular weight excluding hydrogens is 258 g/mol. The summed E-state index contributed by atoms with van der Waals surface area (Å²) in [4.78, 5) is 13.5. The Labute approximate surface area is 119 Å². The molecule has 20 heavy (non-hydrogen) atoms. The van der Waals surface area contributed by atoms with E-state index < -0.39 is 11.4 Å². The fourth-order valence-corrected chi connectivity index (χ4v) is 2.52. The first-order valence-corrected chi connectivity index (χ1v) is 7.05. The topological polar surface area (TPSA) is 79.5 Å². The molecule has 0 amide bonds. The smallest absolute Gasteiger partial charge is 0.310 e. The Morgan fingerprint density at radius 3 is 2.60 bits per heavy atom. The number of carboxylic acid groups (broad SMARTS) is 1. The molecule has 1 aliphatic rings. The van der Waals surface area contributed by atoms with Crippen LogP contribution in [0.1, 0.15) is 52.3 Å². The summed E-state index contributed by atoms with van der Waals surface area (Å²) < 4.78 is 5.66. The highest BCUT2D eigenvalue weighted by molar-refractivity contribution is 5.75. The molecule has 0 aliphatic carbocycles. The maximum Gasteiger partial charge on any atom is 0.310 e.